The smallest absolute Gasteiger partial charge is 0.222 e. The van der Waals surface area contributed by atoms with E-state index in [4.69, 9.17) is 9.47 Å². The summed E-state index contributed by atoms with van der Waals surface area (Å²) in [5.74, 6) is 3.47. The Hall–Kier alpha value is -1.83. The summed E-state index contributed by atoms with van der Waals surface area (Å²) in [6.07, 6.45) is 7.41. The van der Waals surface area contributed by atoms with Crippen LogP contribution in [-0.4, -0.2) is 65.2 Å². The van der Waals surface area contributed by atoms with Gasteiger partial charge in [0.15, 0.2) is 11.5 Å². The van der Waals surface area contributed by atoms with Gasteiger partial charge >= 0.3 is 0 Å². The van der Waals surface area contributed by atoms with E-state index in [2.05, 4.69) is 20.8 Å². The minimum absolute atomic E-state index is 0.0871. The molecule has 3 N–H and O–H groups in total. The highest BCUT2D eigenvalue weighted by molar-refractivity contribution is 5.76. The molecule has 0 bridgehead atoms. The number of aliphatic hydroxyl groups excluding tert-OH is 3. The predicted octanol–water partition coefficient (Wildman–Crippen LogP) is 4.97. The van der Waals surface area contributed by atoms with Crippen LogP contribution >= 0.6 is 0 Å². The third-order valence-electron chi connectivity index (χ3n) is 13.4. The summed E-state index contributed by atoms with van der Waals surface area (Å²) in [5.41, 5.74) is 2.20. The molecule has 1 aliphatic heterocycles. The van der Waals surface area contributed by atoms with Gasteiger partial charge in [0.05, 0.1) is 32.5 Å². The van der Waals surface area contributed by atoms with Gasteiger partial charge in [-0.05, 0) is 127 Å². The van der Waals surface area contributed by atoms with Gasteiger partial charge in [0.25, 0.3) is 0 Å². The molecule has 7 nitrogen and oxygen atoms in total. The van der Waals surface area contributed by atoms with Crippen molar-refractivity contribution in [2.75, 3.05) is 20.8 Å². The van der Waals surface area contributed by atoms with Gasteiger partial charge in [0.1, 0.15) is 0 Å². The van der Waals surface area contributed by atoms with E-state index >= 15 is 0 Å². The van der Waals surface area contributed by atoms with E-state index in [1.807, 2.05) is 17.0 Å². The van der Waals surface area contributed by atoms with Crippen molar-refractivity contribution in [2.24, 2.45) is 46.3 Å². The zero-order chi connectivity index (χ0) is 30.0. The molecule has 0 unspecified atom stereocenters. The van der Waals surface area contributed by atoms with Gasteiger partial charge in [-0.2, -0.15) is 0 Å². The largest absolute Gasteiger partial charge is 0.493 e. The number of fused-ring (bicyclic) bond motifs is 6. The van der Waals surface area contributed by atoms with E-state index in [1.165, 1.54) is 5.56 Å². The predicted molar refractivity (Wildman–Crippen MR) is 161 cm³/mol. The highest BCUT2D eigenvalue weighted by Gasteiger charge is 2.65. The van der Waals surface area contributed by atoms with Gasteiger partial charge in [0, 0.05) is 19.5 Å². The van der Waals surface area contributed by atoms with E-state index in [9.17, 15) is 20.1 Å². The summed E-state index contributed by atoms with van der Waals surface area (Å²) in [6, 6.07) is 4.04. The molecular weight excluding hydrogens is 530 g/mol. The topological polar surface area (TPSA) is 99.5 Å². The summed E-state index contributed by atoms with van der Waals surface area (Å²) < 4.78 is 11.0. The lowest BCUT2D eigenvalue weighted by Crippen LogP contribution is -2.62. The number of hydrogen-bond acceptors (Lipinski definition) is 6. The second kappa shape index (κ2) is 11.3. The summed E-state index contributed by atoms with van der Waals surface area (Å²) in [7, 11) is 3.29. The minimum Gasteiger partial charge on any atom is -0.493 e. The third kappa shape index (κ3) is 4.77. The second-order valence-corrected chi connectivity index (χ2v) is 15.1. The van der Waals surface area contributed by atoms with Crippen LogP contribution in [0.4, 0.5) is 0 Å². The SMILES string of the molecule is COc1cc2c(cc1OC)CN(C(=O)CC[C@@H](C)[C@@H]1CC[C@@H]3[C@@H]4[C@H](O)C[C@H]5C[C@H](O)CC[C@]5(C)[C@@H]4C[C@H](O)[C@@]31C)CC2. The van der Waals surface area contributed by atoms with Gasteiger partial charge in [-0.1, -0.05) is 20.8 Å². The van der Waals surface area contributed by atoms with E-state index in [-0.39, 0.29) is 34.9 Å². The summed E-state index contributed by atoms with van der Waals surface area (Å²) in [4.78, 5) is 15.4. The molecule has 0 radical (unpaired) electrons. The lowest BCUT2D eigenvalue weighted by atomic mass is 9.43. The molecule has 1 aromatic rings. The molecular formula is C35H53NO6. The average molecular weight is 584 g/mol. The Morgan fingerprint density at radius 1 is 1.00 bits per heavy atom. The Morgan fingerprint density at radius 2 is 1.71 bits per heavy atom. The number of methoxy groups -OCH3 is 2. The van der Waals surface area contributed by atoms with Crippen LogP contribution in [0.25, 0.3) is 0 Å². The first-order chi connectivity index (χ1) is 20.0. The van der Waals surface area contributed by atoms with E-state index < -0.39 is 6.10 Å². The summed E-state index contributed by atoms with van der Waals surface area (Å²) in [6.45, 7) is 8.28. The monoisotopic (exact) mass is 583 g/mol. The highest BCUT2D eigenvalue weighted by Crippen LogP contribution is 2.68. The number of amides is 1. The molecule has 42 heavy (non-hydrogen) atoms. The Balaban J connectivity index is 1.12. The van der Waals surface area contributed by atoms with E-state index in [1.54, 1.807) is 14.2 Å². The Bertz CT molecular complexity index is 1170. The molecule has 6 rings (SSSR count). The first kappa shape index (κ1) is 30.2. The van der Waals surface area contributed by atoms with Crippen LogP contribution in [-0.2, 0) is 17.8 Å². The fourth-order valence-corrected chi connectivity index (χ4v) is 10.9. The maximum atomic E-state index is 13.4. The van der Waals surface area contributed by atoms with Gasteiger partial charge in [0.2, 0.25) is 5.91 Å². The van der Waals surface area contributed by atoms with Crippen molar-refractivity contribution in [2.45, 2.75) is 110 Å². The van der Waals surface area contributed by atoms with Crippen LogP contribution in [0.15, 0.2) is 12.1 Å². The molecule has 0 saturated heterocycles. The van der Waals surface area contributed by atoms with E-state index in [0.29, 0.717) is 48.3 Å². The normalized spacial score (nSPS) is 41.7. The number of nitrogens with zero attached hydrogens (tertiary/aromatic N) is 1. The Labute approximate surface area is 252 Å². The van der Waals surface area contributed by atoms with Crippen LogP contribution in [0.5, 0.6) is 11.5 Å². The molecule has 1 heterocycles. The zero-order valence-corrected chi connectivity index (χ0v) is 26.3. The molecule has 5 aliphatic rings. The van der Waals surface area contributed by atoms with Crippen molar-refractivity contribution in [3.8, 4) is 11.5 Å². The maximum absolute atomic E-state index is 13.4. The third-order valence-corrected chi connectivity index (χ3v) is 13.4. The first-order valence-electron chi connectivity index (χ1n) is 16.6. The number of benzene rings is 1. The van der Waals surface area contributed by atoms with Gasteiger partial charge < -0.3 is 29.7 Å². The van der Waals surface area contributed by atoms with Crippen LogP contribution in [0.3, 0.4) is 0 Å². The molecule has 0 aromatic heterocycles. The van der Waals surface area contributed by atoms with Crippen molar-refractivity contribution in [3.05, 3.63) is 23.3 Å². The number of hydrogen-bond donors (Lipinski definition) is 3. The van der Waals surface area contributed by atoms with Crippen LogP contribution in [0.1, 0.15) is 89.7 Å². The van der Waals surface area contributed by atoms with Crippen LogP contribution in [0, 0.1) is 46.3 Å². The molecule has 0 spiro atoms. The van der Waals surface area contributed by atoms with Crippen molar-refractivity contribution in [3.63, 3.8) is 0 Å². The number of carbonyl (C=O) groups excluding carboxylic acids is 1. The Kier molecular flexibility index (Phi) is 8.10. The second-order valence-electron chi connectivity index (χ2n) is 15.1. The number of rotatable bonds is 6. The van der Waals surface area contributed by atoms with Crippen molar-refractivity contribution in [1.29, 1.82) is 0 Å². The fourth-order valence-electron chi connectivity index (χ4n) is 10.9. The molecule has 4 fully saturated rings. The average Bonchev–Trinajstić information content (AvgIpc) is 3.34. The van der Waals surface area contributed by atoms with Crippen molar-refractivity contribution in [1.82, 2.24) is 4.90 Å². The molecule has 4 aliphatic carbocycles. The molecule has 1 aromatic carbocycles. The lowest BCUT2D eigenvalue weighted by Gasteiger charge is -2.63. The number of ether oxygens (including phenoxy) is 2. The quantitative estimate of drug-likeness (QED) is 0.438. The maximum Gasteiger partial charge on any atom is 0.222 e. The molecule has 1 amide bonds. The van der Waals surface area contributed by atoms with Gasteiger partial charge in [-0.15, -0.1) is 0 Å². The number of carbonyl (C=O) groups is 1. The van der Waals surface area contributed by atoms with Crippen molar-refractivity contribution < 1.29 is 29.6 Å². The van der Waals surface area contributed by atoms with Crippen LogP contribution in [0.2, 0.25) is 0 Å². The highest BCUT2D eigenvalue weighted by atomic mass is 16.5. The first-order valence-corrected chi connectivity index (χ1v) is 16.6. The fraction of sp³-hybridized carbons (Fsp3) is 0.800. The van der Waals surface area contributed by atoms with Crippen molar-refractivity contribution >= 4 is 5.91 Å². The Morgan fingerprint density at radius 3 is 2.43 bits per heavy atom. The molecule has 4 saturated carbocycles. The van der Waals surface area contributed by atoms with Gasteiger partial charge in [-0.25, -0.2) is 0 Å². The summed E-state index contributed by atoms with van der Waals surface area (Å²) >= 11 is 0. The zero-order valence-electron chi connectivity index (χ0n) is 26.3. The van der Waals surface area contributed by atoms with Gasteiger partial charge in [-0.3, -0.25) is 4.79 Å². The standard InChI is InChI=1S/C35H53NO6/c1-20(6-9-32(40)36-13-11-21-14-29(41-4)30(42-5)15-22(21)19-36)25-7-8-26-33-27(18-31(39)35(25,26)3)34(2)12-10-24(37)16-23(34)17-28(33)38/h14-15,20,23-28,31,33,37-39H,6-13,16-19H2,1-5H3/t20-,23-,24-,25+,26-,27-,28-,31+,33+,34+,35-/m1/s1. The van der Waals surface area contributed by atoms with Crippen LogP contribution < -0.4 is 9.47 Å². The molecule has 7 heteroatoms. The lowest BCUT2D eigenvalue weighted by molar-refractivity contribution is -0.207. The molecule has 234 valence electrons. The number of aliphatic hydroxyl groups is 3. The summed E-state index contributed by atoms with van der Waals surface area (Å²) in [5, 5.41) is 33.8. The molecule has 11 atom stereocenters. The van der Waals surface area contributed by atoms with E-state index in [0.717, 1.165) is 75.6 Å². The minimum atomic E-state index is -0.394.